The number of allylic oxidation sites excluding steroid dienone is 3. The maximum Gasteiger partial charge on any atom is 0.224 e. The van der Waals surface area contributed by atoms with Crippen LogP contribution in [0, 0.1) is 5.82 Å². The number of nitrogens with zero attached hydrogens (tertiary/aromatic N) is 2. The minimum Gasteiger partial charge on any atom is -0.485 e. The first-order valence-electron chi connectivity index (χ1n) is 9.58. The van der Waals surface area contributed by atoms with Crippen molar-refractivity contribution >= 4 is 23.5 Å². The van der Waals surface area contributed by atoms with Crippen LogP contribution in [0.2, 0.25) is 0 Å². The minimum atomic E-state index is -0.416. The highest BCUT2D eigenvalue weighted by atomic mass is 19.1. The number of benzene rings is 1. The zero-order chi connectivity index (χ0) is 21.7. The van der Waals surface area contributed by atoms with Crippen LogP contribution in [0.3, 0.4) is 0 Å². The number of ether oxygens (including phenoxy) is 1. The van der Waals surface area contributed by atoms with Crippen LogP contribution in [0.1, 0.15) is 30.2 Å². The van der Waals surface area contributed by atoms with Gasteiger partial charge in [0.05, 0.1) is 17.6 Å². The molecule has 156 valence electrons. The highest BCUT2D eigenvalue weighted by molar-refractivity contribution is 5.96. The molecular formula is C23H24FN3O3. The number of aryl methyl sites for hydroxylation is 1. The number of anilines is 1. The second kappa shape index (κ2) is 9.35. The van der Waals surface area contributed by atoms with Gasteiger partial charge in [-0.25, -0.2) is 4.39 Å². The fourth-order valence-electron chi connectivity index (χ4n) is 3.14. The van der Waals surface area contributed by atoms with Gasteiger partial charge in [-0.3, -0.25) is 14.6 Å². The molecule has 1 aliphatic heterocycles. The predicted octanol–water partition coefficient (Wildman–Crippen LogP) is 3.73. The molecule has 2 heterocycles. The van der Waals surface area contributed by atoms with Crippen molar-refractivity contribution < 1.29 is 18.7 Å². The zero-order valence-electron chi connectivity index (χ0n) is 17.2. The van der Waals surface area contributed by atoms with Crippen LogP contribution < -0.4 is 10.1 Å². The highest BCUT2D eigenvalue weighted by Gasteiger charge is 2.21. The van der Waals surface area contributed by atoms with Crippen molar-refractivity contribution in [2.75, 3.05) is 19.4 Å². The molecule has 0 saturated heterocycles. The number of aromatic nitrogens is 1. The van der Waals surface area contributed by atoms with Crippen molar-refractivity contribution in [3.05, 3.63) is 70.9 Å². The van der Waals surface area contributed by atoms with Crippen molar-refractivity contribution in [1.29, 1.82) is 0 Å². The Morgan fingerprint density at radius 1 is 1.30 bits per heavy atom. The van der Waals surface area contributed by atoms with E-state index in [-0.39, 0.29) is 12.5 Å². The van der Waals surface area contributed by atoms with Gasteiger partial charge in [-0.1, -0.05) is 0 Å². The number of carbonyl (C=O) groups excluding carboxylic acids is 2. The molecule has 2 aromatic rings. The molecule has 1 N–H and O–H groups in total. The first-order chi connectivity index (χ1) is 14.4. The molecule has 1 aliphatic rings. The lowest BCUT2D eigenvalue weighted by Crippen LogP contribution is -2.20. The van der Waals surface area contributed by atoms with Gasteiger partial charge in [0.2, 0.25) is 5.91 Å². The van der Waals surface area contributed by atoms with Gasteiger partial charge in [-0.15, -0.1) is 0 Å². The summed E-state index contributed by atoms with van der Waals surface area (Å²) in [5.74, 6) is 0.0189. The summed E-state index contributed by atoms with van der Waals surface area (Å²) in [6, 6.07) is 6.71. The molecule has 0 unspecified atom stereocenters. The van der Waals surface area contributed by atoms with E-state index in [0.717, 1.165) is 29.2 Å². The maximum atomic E-state index is 13.1. The fraction of sp³-hybridized carbons (Fsp3) is 0.261. The number of aldehydes is 1. The number of hydrogen-bond acceptors (Lipinski definition) is 5. The third kappa shape index (κ3) is 5.31. The number of hydrogen-bond donors (Lipinski definition) is 1. The Morgan fingerprint density at radius 2 is 2.10 bits per heavy atom. The molecule has 0 radical (unpaired) electrons. The molecule has 0 fully saturated rings. The number of pyridine rings is 1. The third-order valence-electron chi connectivity index (χ3n) is 4.53. The van der Waals surface area contributed by atoms with Gasteiger partial charge in [0, 0.05) is 26.7 Å². The summed E-state index contributed by atoms with van der Waals surface area (Å²) in [7, 11) is 3.81. The Labute approximate surface area is 175 Å². The summed E-state index contributed by atoms with van der Waals surface area (Å²) in [4.78, 5) is 29.0. The molecule has 7 heteroatoms. The second-order valence-corrected chi connectivity index (χ2v) is 7.37. The van der Waals surface area contributed by atoms with Crippen LogP contribution in [0.25, 0.3) is 5.57 Å². The second-order valence-electron chi connectivity index (χ2n) is 7.37. The Bertz CT molecular complexity index is 1010. The van der Waals surface area contributed by atoms with E-state index in [2.05, 4.69) is 10.3 Å². The number of amides is 1. The Balaban J connectivity index is 2.02. The van der Waals surface area contributed by atoms with E-state index in [1.165, 1.54) is 6.07 Å². The molecule has 30 heavy (non-hydrogen) atoms. The highest BCUT2D eigenvalue weighted by Crippen LogP contribution is 2.37. The van der Waals surface area contributed by atoms with Crippen LogP contribution in [0.15, 0.2) is 48.3 Å². The van der Waals surface area contributed by atoms with Gasteiger partial charge in [0.1, 0.15) is 24.5 Å². The van der Waals surface area contributed by atoms with E-state index >= 15 is 0 Å². The fourth-order valence-corrected chi connectivity index (χ4v) is 3.14. The lowest BCUT2D eigenvalue weighted by Gasteiger charge is -2.22. The monoisotopic (exact) mass is 409 g/mol. The van der Waals surface area contributed by atoms with Crippen molar-refractivity contribution in [2.45, 2.75) is 26.4 Å². The van der Waals surface area contributed by atoms with Gasteiger partial charge in [-0.2, -0.15) is 0 Å². The lowest BCUT2D eigenvalue weighted by atomic mass is 9.95. The summed E-state index contributed by atoms with van der Waals surface area (Å²) in [6.07, 6.45) is 6.65. The van der Waals surface area contributed by atoms with Gasteiger partial charge in [-0.05, 0) is 66.0 Å². The average molecular weight is 409 g/mol. The largest absolute Gasteiger partial charge is 0.485 e. The van der Waals surface area contributed by atoms with Crippen LogP contribution in [-0.2, 0) is 22.6 Å². The van der Waals surface area contributed by atoms with E-state index in [4.69, 9.17) is 4.74 Å². The van der Waals surface area contributed by atoms with Gasteiger partial charge in [0.25, 0.3) is 0 Å². The molecule has 0 saturated carbocycles. The average Bonchev–Trinajstić information content (AvgIpc) is 2.72. The summed E-state index contributed by atoms with van der Waals surface area (Å²) in [5, 5.41) is 2.89. The molecule has 0 spiro atoms. The Kier molecular flexibility index (Phi) is 6.61. The van der Waals surface area contributed by atoms with Gasteiger partial charge < -0.3 is 15.0 Å². The summed E-state index contributed by atoms with van der Waals surface area (Å²) >= 11 is 0. The molecule has 1 aromatic heterocycles. The van der Waals surface area contributed by atoms with Crippen LogP contribution in [0.4, 0.5) is 10.1 Å². The van der Waals surface area contributed by atoms with Crippen LogP contribution >= 0.6 is 0 Å². The standard InChI is InChI=1S/C23H24FN3O3/c1-15(13-28)8-18(12-27(2)3)17-9-16-4-7-22(29)26-23(16)21(10-17)30-14-20-6-5-19(24)11-25-20/h5-6,8-13H,4,7,14H2,1-3H3,(H,26,29)/b15-8-,18-12+. The predicted molar refractivity (Wildman–Crippen MR) is 113 cm³/mol. The zero-order valence-corrected chi connectivity index (χ0v) is 17.2. The topological polar surface area (TPSA) is 71.5 Å². The summed E-state index contributed by atoms with van der Waals surface area (Å²) in [5.41, 5.74) is 4.45. The quantitative estimate of drug-likeness (QED) is 0.429. The number of carbonyl (C=O) groups is 2. The Hall–Kier alpha value is -3.48. The van der Waals surface area contributed by atoms with E-state index < -0.39 is 5.82 Å². The summed E-state index contributed by atoms with van der Waals surface area (Å²) < 4.78 is 19.1. The Morgan fingerprint density at radius 3 is 2.77 bits per heavy atom. The summed E-state index contributed by atoms with van der Waals surface area (Å²) in [6.45, 7) is 1.87. The molecule has 0 atom stereocenters. The lowest BCUT2D eigenvalue weighted by molar-refractivity contribution is -0.116. The molecule has 3 rings (SSSR count). The SMILES string of the molecule is C/C(C=O)=C/C(=C\N(C)C)c1cc2c(c(OCc3ccc(F)cn3)c1)NC(=O)CC2. The van der Waals surface area contributed by atoms with Crippen LogP contribution in [0.5, 0.6) is 5.75 Å². The molecule has 6 nitrogen and oxygen atoms in total. The number of rotatable bonds is 7. The van der Waals surface area contributed by atoms with Gasteiger partial charge in [0.15, 0.2) is 0 Å². The first-order valence-corrected chi connectivity index (χ1v) is 9.58. The number of fused-ring (bicyclic) bond motifs is 1. The molecule has 1 aromatic carbocycles. The van der Waals surface area contributed by atoms with E-state index in [0.29, 0.717) is 35.5 Å². The van der Waals surface area contributed by atoms with Crippen molar-refractivity contribution in [3.63, 3.8) is 0 Å². The maximum absolute atomic E-state index is 13.1. The first kappa shape index (κ1) is 21.2. The molecule has 1 amide bonds. The minimum absolute atomic E-state index is 0.0687. The molecule has 0 bridgehead atoms. The van der Waals surface area contributed by atoms with Crippen molar-refractivity contribution in [3.8, 4) is 5.75 Å². The smallest absolute Gasteiger partial charge is 0.224 e. The number of halogens is 1. The molecule has 0 aliphatic carbocycles. The van der Waals surface area contributed by atoms with E-state index in [9.17, 15) is 14.0 Å². The van der Waals surface area contributed by atoms with Crippen molar-refractivity contribution in [2.24, 2.45) is 0 Å². The normalized spacial score (nSPS) is 14.1. The van der Waals surface area contributed by atoms with Crippen LogP contribution in [-0.4, -0.2) is 36.2 Å². The molecular weight excluding hydrogens is 385 g/mol. The van der Waals surface area contributed by atoms with E-state index in [1.807, 2.05) is 37.3 Å². The van der Waals surface area contributed by atoms with Crippen molar-refractivity contribution in [1.82, 2.24) is 9.88 Å². The third-order valence-corrected chi connectivity index (χ3v) is 4.53. The van der Waals surface area contributed by atoms with Gasteiger partial charge >= 0.3 is 0 Å². The van der Waals surface area contributed by atoms with E-state index in [1.54, 1.807) is 19.1 Å². The number of nitrogens with one attached hydrogen (secondary N) is 1.